The van der Waals surface area contributed by atoms with E-state index in [4.69, 9.17) is 5.73 Å². The Morgan fingerprint density at radius 2 is 1.66 bits per heavy atom. The molecule has 1 atom stereocenters. The van der Waals surface area contributed by atoms with Gasteiger partial charge in [0.2, 0.25) is 0 Å². The third-order valence-corrected chi connectivity index (χ3v) is 7.86. The van der Waals surface area contributed by atoms with Gasteiger partial charge in [-0.3, -0.25) is 14.7 Å². The van der Waals surface area contributed by atoms with Crippen LogP contribution in [-0.2, 0) is 0 Å². The van der Waals surface area contributed by atoms with Crippen LogP contribution < -0.4 is 11.1 Å². The van der Waals surface area contributed by atoms with Gasteiger partial charge in [0.1, 0.15) is 0 Å². The summed E-state index contributed by atoms with van der Waals surface area (Å²) in [6.45, 7) is 9.42. The van der Waals surface area contributed by atoms with Crippen molar-refractivity contribution in [2.45, 2.75) is 82.7 Å². The van der Waals surface area contributed by atoms with Gasteiger partial charge in [-0.25, -0.2) is 0 Å². The van der Waals surface area contributed by atoms with E-state index in [1.165, 1.54) is 104 Å². The summed E-state index contributed by atoms with van der Waals surface area (Å²) in [4.78, 5) is 23.9. The number of amides is 1. The molecule has 0 bridgehead atoms. The van der Waals surface area contributed by atoms with E-state index in [0.717, 1.165) is 18.9 Å². The molecule has 0 radical (unpaired) electrons. The zero-order valence-electron chi connectivity index (χ0n) is 22.2. The molecule has 0 spiro atoms. The first-order valence-electron chi connectivity index (χ1n) is 14.2. The van der Waals surface area contributed by atoms with Crippen LogP contribution in [0.25, 0.3) is 0 Å². The Morgan fingerprint density at radius 1 is 1.00 bits per heavy atom. The van der Waals surface area contributed by atoms with Gasteiger partial charge in [-0.05, 0) is 64.5 Å². The Kier molecular flexibility index (Phi) is 13.0. The lowest BCUT2D eigenvalue weighted by Crippen LogP contribution is -2.52. The Morgan fingerprint density at radius 3 is 2.31 bits per heavy atom. The smallest absolute Gasteiger partial charge is 0.252 e. The average Bonchev–Trinajstić information content (AvgIpc) is 2.89. The maximum Gasteiger partial charge on any atom is 0.252 e. The fraction of sp³-hybridized carbons (Fsp3) is 0.786. The quantitative estimate of drug-likeness (QED) is 0.370. The minimum atomic E-state index is -0.0938. The van der Waals surface area contributed by atoms with Crippen molar-refractivity contribution in [3.05, 3.63) is 30.1 Å². The van der Waals surface area contributed by atoms with Crippen LogP contribution in [0.5, 0.6) is 0 Å². The van der Waals surface area contributed by atoms with Crippen molar-refractivity contribution in [3.63, 3.8) is 0 Å². The molecule has 0 saturated carbocycles. The van der Waals surface area contributed by atoms with Gasteiger partial charge in [0.15, 0.2) is 0 Å². The lowest BCUT2D eigenvalue weighted by atomic mass is 10.0. The van der Waals surface area contributed by atoms with Crippen molar-refractivity contribution >= 4 is 5.91 Å². The zero-order chi connectivity index (χ0) is 24.7. The van der Waals surface area contributed by atoms with Crippen LogP contribution in [0.2, 0.25) is 0 Å². The number of hydrogen-bond acceptors (Lipinski definition) is 6. The van der Waals surface area contributed by atoms with Crippen LogP contribution in [0.1, 0.15) is 81.0 Å². The van der Waals surface area contributed by atoms with Crippen molar-refractivity contribution in [3.8, 4) is 0 Å². The maximum absolute atomic E-state index is 12.0. The topological polar surface area (TPSA) is 77.7 Å². The minimum absolute atomic E-state index is 0.0299. The van der Waals surface area contributed by atoms with Crippen molar-refractivity contribution in [2.75, 3.05) is 59.4 Å². The Bertz CT molecular complexity index is 686. The third kappa shape index (κ3) is 10.9. The molecular formula is C28H50N6O. The molecule has 7 heteroatoms. The second-order valence-electron chi connectivity index (χ2n) is 10.7. The summed E-state index contributed by atoms with van der Waals surface area (Å²) < 4.78 is 0. The molecule has 1 unspecified atom stereocenters. The molecule has 2 saturated heterocycles. The molecule has 0 aliphatic carbocycles. The molecule has 198 valence electrons. The summed E-state index contributed by atoms with van der Waals surface area (Å²) in [6, 6.07) is 4.40. The molecule has 7 nitrogen and oxygen atoms in total. The lowest BCUT2D eigenvalue weighted by Gasteiger charge is -2.42. The van der Waals surface area contributed by atoms with Crippen molar-refractivity contribution in [2.24, 2.45) is 5.73 Å². The van der Waals surface area contributed by atoms with E-state index in [9.17, 15) is 4.79 Å². The number of unbranched alkanes of at least 4 members (excludes halogenated alkanes) is 7. The third-order valence-electron chi connectivity index (χ3n) is 7.86. The number of likely N-dealkylation sites (N-methyl/N-ethyl adjacent to an activating group) is 1. The largest absolute Gasteiger partial charge is 0.350 e. The predicted octanol–water partition coefficient (Wildman–Crippen LogP) is 3.36. The number of piperazine rings is 1. The number of carbonyl (C=O) groups excluding carboxylic acids is 1. The number of nitrogens with one attached hydrogen (secondary N) is 1. The first-order valence-corrected chi connectivity index (χ1v) is 14.2. The van der Waals surface area contributed by atoms with E-state index < -0.39 is 0 Å². The molecular weight excluding hydrogens is 436 g/mol. The summed E-state index contributed by atoms with van der Waals surface area (Å²) in [5, 5.41) is 2.91. The molecule has 2 fully saturated rings. The molecule has 3 rings (SSSR count). The molecule has 1 amide bonds. The SMILES string of the molecule is CN1CCN(C2CCN(CCCCCCCCCCC(N)CNC(=O)c3cccnc3)CC2)CC1. The van der Waals surface area contributed by atoms with Gasteiger partial charge in [0.25, 0.3) is 5.91 Å². The molecule has 2 aliphatic rings. The number of piperidine rings is 1. The molecule has 35 heavy (non-hydrogen) atoms. The van der Waals surface area contributed by atoms with E-state index in [2.05, 4.69) is 32.0 Å². The van der Waals surface area contributed by atoms with Crippen LogP contribution in [0.15, 0.2) is 24.5 Å². The van der Waals surface area contributed by atoms with Crippen LogP contribution in [-0.4, -0.2) is 97.1 Å². The average molecular weight is 487 g/mol. The second kappa shape index (κ2) is 16.3. The number of nitrogens with two attached hydrogens (primary N) is 1. The lowest BCUT2D eigenvalue weighted by molar-refractivity contribution is 0.0673. The molecule has 3 N–H and O–H groups in total. The van der Waals surface area contributed by atoms with Gasteiger partial charge in [-0.1, -0.05) is 44.9 Å². The summed E-state index contributed by atoms with van der Waals surface area (Å²) in [7, 11) is 2.24. The second-order valence-corrected chi connectivity index (χ2v) is 10.7. The van der Waals surface area contributed by atoms with Gasteiger partial charge in [0.05, 0.1) is 5.56 Å². The van der Waals surface area contributed by atoms with E-state index in [0.29, 0.717) is 12.1 Å². The molecule has 1 aromatic heterocycles. The Balaban J connectivity index is 1.08. The molecule has 0 aromatic carbocycles. The summed E-state index contributed by atoms with van der Waals surface area (Å²) >= 11 is 0. The number of likely N-dealkylation sites (tertiary alicyclic amines) is 1. The van der Waals surface area contributed by atoms with E-state index in [-0.39, 0.29) is 11.9 Å². The highest BCUT2D eigenvalue weighted by atomic mass is 16.1. The highest BCUT2D eigenvalue weighted by Gasteiger charge is 2.26. The van der Waals surface area contributed by atoms with Gasteiger partial charge >= 0.3 is 0 Å². The first-order chi connectivity index (χ1) is 17.1. The normalized spacial score (nSPS) is 19.6. The minimum Gasteiger partial charge on any atom is -0.350 e. The van der Waals surface area contributed by atoms with Crippen molar-refractivity contribution < 1.29 is 4.79 Å². The number of hydrogen-bond donors (Lipinski definition) is 2. The van der Waals surface area contributed by atoms with Crippen molar-refractivity contribution in [1.82, 2.24) is 25.0 Å². The number of carbonyl (C=O) groups is 1. The highest BCUT2D eigenvalue weighted by molar-refractivity contribution is 5.93. The number of aromatic nitrogens is 1. The molecule has 2 aliphatic heterocycles. The number of nitrogens with zero attached hydrogens (tertiary/aromatic N) is 4. The highest BCUT2D eigenvalue weighted by Crippen LogP contribution is 2.19. The van der Waals surface area contributed by atoms with Crippen LogP contribution >= 0.6 is 0 Å². The maximum atomic E-state index is 12.0. The zero-order valence-corrected chi connectivity index (χ0v) is 22.2. The van der Waals surface area contributed by atoms with Crippen molar-refractivity contribution in [1.29, 1.82) is 0 Å². The van der Waals surface area contributed by atoms with Crippen LogP contribution in [0, 0.1) is 0 Å². The van der Waals surface area contributed by atoms with Gasteiger partial charge in [0, 0.05) is 57.2 Å². The van der Waals surface area contributed by atoms with Gasteiger partial charge in [-0.15, -0.1) is 0 Å². The predicted molar refractivity (Wildman–Crippen MR) is 145 cm³/mol. The Hall–Kier alpha value is -1.54. The van der Waals surface area contributed by atoms with Crippen LogP contribution in [0.3, 0.4) is 0 Å². The van der Waals surface area contributed by atoms with E-state index >= 15 is 0 Å². The summed E-state index contributed by atoms with van der Waals surface area (Å²) in [6.07, 6.45) is 17.4. The van der Waals surface area contributed by atoms with E-state index in [1.807, 2.05) is 0 Å². The monoisotopic (exact) mass is 486 g/mol. The molecule has 1 aromatic rings. The van der Waals surface area contributed by atoms with Gasteiger partial charge < -0.3 is 20.9 Å². The number of rotatable bonds is 15. The standard InChI is InChI=1S/C28H50N6O/c1-32-19-21-34(22-20-32)27-13-17-33(18-14-27)16-9-7-5-3-2-4-6-8-12-26(29)24-31-28(35)25-11-10-15-30-23-25/h10-11,15,23,26-27H,2-9,12-14,16-22,24,29H2,1H3,(H,31,35). The van der Waals surface area contributed by atoms with E-state index in [1.54, 1.807) is 24.5 Å². The fourth-order valence-corrected chi connectivity index (χ4v) is 5.42. The Labute approximate surface area is 213 Å². The van der Waals surface area contributed by atoms with Gasteiger partial charge in [-0.2, -0.15) is 0 Å². The summed E-state index contributed by atoms with van der Waals surface area (Å²) in [5.74, 6) is -0.0938. The first kappa shape index (κ1) is 28.0. The number of pyridine rings is 1. The van der Waals surface area contributed by atoms with Crippen LogP contribution in [0.4, 0.5) is 0 Å². The molecule has 3 heterocycles. The fourth-order valence-electron chi connectivity index (χ4n) is 5.42. The summed E-state index contributed by atoms with van der Waals surface area (Å²) in [5.41, 5.74) is 6.76.